The lowest BCUT2D eigenvalue weighted by molar-refractivity contribution is 0.315. The van der Waals surface area contributed by atoms with Crippen molar-refractivity contribution in [2.45, 2.75) is 19.4 Å². The van der Waals surface area contributed by atoms with E-state index in [1.165, 1.54) is 0 Å². The summed E-state index contributed by atoms with van der Waals surface area (Å²) in [5.74, 6) is 1.05. The maximum atomic E-state index is 5.80. The first-order chi connectivity index (χ1) is 8.26. The summed E-state index contributed by atoms with van der Waals surface area (Å²) in [5.41, 5.74) is 8.63. The number of nitrogens with two attached hydrogens (primary N) is 1. The van der Waals surface area contributed by atoms with E-state index in [2.05, 4.69) is 28.8 Å². The van der Waals surface area contributed by atoms with E-state index in [0.29, 0.717) is 22.8 Å². The van der Waals surface area contributed by atoms with Crippen LogP contribution in [0, 0.1) is 0 Å². The Bertz CT molecular complexity index is 499. The first-order valence-corrected chi connectivity index (χ1v) is 6.91. The average Bonchev–Trinajstić information content (AvgIpc) is 2.82. The molecule has 2 rings (SSSR count). The molecule has 2 aromatic rings. The van der Waals surface area contributed by atoms with Crippen molar-refractivity contribution in [2.24, 2.45) is 0 Å². The van der Waals surface area contributed by atoms with E-state index in [9.17, 15) is 0 Å². The fourth-order valence-electron chi connectivity index (χ4n) is 1.68. The third kappa shape index (κ3) is 2.46. The fraction of sp³-hybridized carbons (Fsp3) is 0.455. The monoisotopic (exact) mass is 252 g/mol. The number of thioether (sulfide) groups is 1. The largest absolute Gasteiger partial charge is 0.397 e. The number of anilines is 2. The van der Waals surface area contributed by atoms with Gasteiger partial charge in [0.2, 0.25) is 0 Å². The number of hydrogen-bond donors (Lipinski definition) is 2. The van der Waals surface area contributed by atoms with Gasteiger partial charge in [0.1, 0.15) is 0 Å². The average molecular weight is 252 g/mol. The van der Waals surface area contributed by atoms with Gasteiger partial charge in [-0.1, -0.05) is 6.92 Å². The van der Waals surface area contributed by atoms with Crippen LogP contribution >= 0.6 is 11.8 Å². The molecule has 0 aliphatic rings. The van der Waals surface area contributed by atoms with Gasteiger partial charge in [0.15, 0.2) is 11.0 Å². The van der Waals surface area contributed by atoms with Crippen molar-refractivity contribution in [1.29, 1.82) is 0 Å². The van der Waals surface area contributed by atoms with Crippen LogP contribution in [0.15, 0.2) is 16.8 Å². The lowest BCUT2D eigenvalue weighted by Gasteiger charge is -2.17. The third-order valence-corrected chi connectivity index (χ3v) is 3.40. The summed E-state index contributed by atoms with van der Waals surface area (Å²) in [4.78, 5) is 0. The SMILES string of the molecule is CCC(CSC)Nc1ccc(N)c2nonc12. The second-order valence-corrected chi connectivity index (χ2v) is 4.78. The molecule has 1 aromatic carbocycles. The van der Waals surface area contributed by atoms with Crippen LogP contribution in [-0.4, -0.2) is 28.4 Å². The Morgan fingerprint density at radius 1 is 1.41 bits per heavy atom. The first-order valence-electron chi connectivity index (χ1n) is 5.52. The standard InChI is InChI=1S/C11H16N4OS/c1-3-7(6-17-2)13-9-5-4-8(12)10-11(9)15-16-14-10/h4-5,7,13H,3,6,12H2,1-2H3. The molecule has 6 heteroatoms. The van der Waals surface area contributed by atoms with Gasteiger partial charge < -0.3 is 11.1 Å². The number of rotatable bonds is 5. The highest BCUT2D eigenvalue weighted by atomic mass is 32.2. The second-order valence-electron chi connectivity index (χ2n) is 3.87. The van der Waals surface area contributed by atoms with Crippen molar-refractivity contribution in [2.75, 3.05) is 23.1 Å². The number of benzene rings is 1. The Hall–Kier alpha value is -1.43. The molecule has 3 N–H and O–H groups in total. The van der Waals surface area contributed by atoms with E-state index in [1.54, 1.807) is 0 Å². The quantitative estimate of drug-likeness (QED) is 0.795. The topological polar surface area (TPSA) is 77.0 Å². The molecule has 0 bridgehead atoms. The summed E-state index contributed by atoms with van der Waals surface area (Å²) < 4.78 is 4.74. The van der Waals surface area contributed by atoms with Crippen LogP contribution in [0.2, 0.25) is 0 Å². The number of nitrogens with one attached hydrogen (secondary N) is 1. The van der Waals surface area contributed by atoms with Gasteiger partial charge in [-0.05, 0) is 35.1 Å². The maximum Gasteiger partial charge on any atom is 0.160 e. The van der Waals surface area contributed by atoms with Gasteiger partial charge in [-0.3, -0.25) is 0 Å². The zero-order valence-corrected chi connectivity index (χ0v) is 10.8. The van der Waals surface area contributed by atoms with Gasteiger partial charge in [0.25, 0.3) is 0 Å². The lowest BCUT2D eigenvalue weighted by Crippen LogP contribution is -2.21. The molecule has 92 valence electrons. The zero-order valence-electron chi connectivity index (χ0n) is 9.93. The van der Waals surface area contributed by atoms with Crippen LogP contribution in [0.5, 0.6) is 0 Å². The van der Waals surface area contributed by atoms with Gasteiger partial charge in [-0.15, -0.1) is 0 Å². The Morgan fingerprint density at radius 2 is 2.18 bits per heavy atom. The van der Waals surface area contributed by atoms with Gasteiger partial charge in [-0.25, -0.2) is 4.63 Å². The third-order valence-electron chi connectivity index (χ3n) is 2.67. The number of aromatic nitrogens is 2. The fourth-order valence-corrected chi connectivity index (χ4v) is 2.41. The molecule has 17 heavy (non-hydrogen) atoms. The van der Waals surface area contributed by atoms with E-state index in [-0.39, 0.29) is 0 Å². The van der Waals surface area contributed by atoms with E-state index < -0.39 is 0 Å². The van der Waals surface area contributed by atoms with Crippen LogP contribution in [0.25, 0.3) is 11.0 Å². The number of nitrogens with zero attached hydrogens (tertiary/aromatic N) is 2. The molecule has 1 aromatic heterocycles. The highest BCUT2D eigenvalue weighted by Gasteiger charge is 2.12. The van der Waals surface area contributed by atoms with Crippen LogP contribution in [0.3, 0.4) is 0 Å². The van der Waals surface area contributed by atoms with E-state index >= 15 is 0 Å². The Labute approximate surface area is 104 Å². The van der Waals surface area contributed by atoms with Crippen molar-refractivity contribution in [1.82, 2.24) is 10.3 Å². The van der Waals surface area contributed by atoms with E-state index in [4.69, 9.17) is 10.4 Å². The van der Waals surface area contributed by atoms with Crippen molar-refractivity contribution < 1.29 is 4.63 Å². The van der Waals surface area contributed by atoms with Crippen molar-refractivity contribution >= 4 is 34.2 Å². The van der Waals surface area contributed by atoms with Gasteiger partial charge in [0.05, 0.1) is 11.4 Å². The summed E-state index contributed by atoms with van der Waals surface area (Å²) in [7, 11) is 0. The maximum absolute atomic E-state index is 5.80. The molecule has 0 amide bonds. The molecule has 0 fully saturated rings. The second kappa shape index (κ2) is 5.27. The molecule has 1 heterocycles. The molecular formula is C11H16N4OS. The van der Waals surface area contributed by atoms with Crippen LogP contribution in [0.1, 0.15) is 13.3 Å². The molecule has 0 saturated heterocycles. The van der Waals surface area contributed by atoms with E-state index in [0.717, 1.165) is 17.9 Å². The minimum Gasteiger partial charge on any atom is -0.397 e. The molecule has 0 radical (unpaired) electrons. The highest BCUT2D eigenvalue weighted by Crippen LogP contribution is 2.26. The Kier molecular flexibility index (Phi) is 3.73. The van der Waals surface area contributed by atoms with Crippen molar-refractivity contribution in [3.05, 3.63) is 12.1 Å². The molecule has 1 unspecified atom stereocenters. The molecule has 0 spiro atoms. The van der Waals surface area contributed by atoms with Gasteiger partial charge in [-0.2, -0.15) is 11.8 Å². The highest BCUT2D eigenvalue weighted by molar-refractivity contribution is 7.98. The van der Waals surface area contributed by atoms with Crippen LogP contribution in [0.4, 0.5) is 11.4 Å². The number of nitrogen functional groups attached to an aromatic ring is 1. The predicted molar refractivity (Wildman–Crippen MR) is 72.3 cm³/mol. The molecule has 0 aliphatic heterocycles. The summed E-state index contributed by atoms with van der Waals surface area (Å²) in [6, 6.07) is 4.15. The van der Waals surface area contributed by atoms with Crippen molar-refractivity contribution in [3.8, 4) is 0 Å². The lowest BCUT2D eigenvalue weighted by atomic mass is 10.2. The van der Waals surface area contributed by atoms with E-state index in [1.807, 2.05) is 23.9 Å². The minimum absolute atomic E-state index is 0.411. The molecule has 0 saturated carbocycles. The van der Waals surface area contributed by atoms with Gasteiger partial charge in [0, 0.05) is 11.8 Å². The first kappa shape index (κ1) is 12.0. The summed E-state index contributed by atoms with van der Waals surface area (Å²) in [5, 5.41) is 11.1. The Morgan fingerprint density at radius 3 is 2.88 bits per heavy atom. The predicted octanol–water partition coefficient (Wildman–Crippen LogP) is 2.36. The molecule has 1 atom stereocenters. The number of hydrogen-bond acceptors (Lipinski definition) is 6. The zero-order chi connectivity index (χ0) is 12.3. The van der Waals surface area contributed by atoms with Gasteiger partial charge >= 0.3 is 0 Å². The summed E-state index contributed by atoms with van der Waals surface area (Å²) >= 11 is 1.82. The number of fused-ring (bicyclic) bond motifs is 1. The normalized spacial score (nSPS) is 12.8. The smallest absolute Gasteiger partial charge is 0.160 e. The Balaban J connectivity index is 2.29. The summed E-state index contributed by atoms with van der Waals surface area (Å²) in [6.07, 6.45) is 3.15. The molecule has 0 aliphatic carbocycles. The minimum atomic E-state index is 0.411. The van der Waals surface area contributed by atoms with Crippen molar-refractivity contribution in [3.63, 3.8) is 0 Å². The van der Waals surface area contributed by atoms with Crippen LogP contribution in [-0.2, 0) is 0 Å². The molecular weight excluding hydrogens is 236 g/mol. The van der Waals surface area contributed by atoms with Crippen LogP contribution < -0.4 is 11.1 Å². The summed E-state index contributed by atoms with van der Waals surface area (Å²) in [6.45, 7) is 2.16. The molecule has 5 nitrogen and oxygen atoms in total.